The third-order valence-electron chi connectivity index (χ3n) is 3.89. The van der Waals surface area contributed by atoms with Crippen LogP contribution in [0.15, 0.2) is 30.3 Å². The summed E-state index contributed by atoms with van der Waals surface area (Å²) < 4.78 is 0. The molecule has 1 N–H and O–H groups in total. The minimum Gasteiger partial charge on any atom is -0.342 e. The van der Waals surface area contributed by atoms with Crippen molar-refractivity contribution in [1.82, 2.24) is 15.1 Å². The van der Waals surface area contributed by atoms with Crippen molar-refractivity contribution in [2.45, 2.75) is 25.8 Å². The molecule has 0 aliphatic carbocycles. The molecule has 21 heavy (non-hydrogen) atoms. The van der Waals surface area contributed by atoms with Gasteiger partial charge in [0.1, 0.15) is 6.54 Å². The number of rotatable bonds is 4. The van der Waals surface area contributed by atoms with Crippen molar-refractivity contribution >= 4 is 11.9 Å². The van der Waals surface area contributed by atoms with Crippen molar-refractivity contribution in [2.24, 2.45) is 0 Å². The van der Waals surface area contributed by atoms with Crippen LogP contribution in [0.2, 0.25) is 0 Å². The lowest BCUT2D eigenvalue weighted by molar-refractivity contribution is -0.133. The Hall–Kier alpha value is -2.04. The summed E-state index contributed by atoms with van der Waals surface area (Å²) in [5.41, 5.74) is 1.21. The predicted octanol–water partition coefficient (Wildman–Crippen LogP) is 1.49. The smallest absolute Gasteiger partial charge is 0.318 e. The molecule has 0 aromatic heterocycles. The Morgan fingerprint density at radius 2 is 2.00 bits per heavy atom. The fourth-order valence-electron chi connectivity index (χ4n) is 2.39. The lowest BCUT2D eigenvalue weighted by Crippen LogP contribution is -2.55. The van der Waals surface area contributed by atoms with E-state index >= 15 is 0 Å². The molecule has 1 heterocycles. The first-order chi connectivity index (χ1) is 10.1. The molecule has 3 amide bonds. The van der Waals surface area contributed by atoms with E-state index in [4.69, 9.17) is 0 Å². The Morgan fingerprint density at radius 3 is 2.62 bits per heavy atom. The number of hydrogen-bond donors (Lipinski definition) is 1. The minimum atomic E-state index is -0.140. The van der Waals surface area contributed by atoms with Gasteiger partial charge in [0, 0.05) is 26.2 Å². The molecular formula is C16H23N3O2. The van der Waals surface area contributed by atoms with E-state index in [1.54, 1.807) is 16.8 Å². The lowest BCUT2D eigenvalue weighted by atomic mass is 10.0. The molecular weight excluding hydrogens is 266 g/mol. The summed E-state index contributed by atoms with van der Waals surface area (Å²) in [6.07, 6.45) is 1.67. The van der Waals surface area contributed by atoms with Gasteiger partial charge in [-0.1, -0.05) is 37.3 Å². The van der Waals surface area contributed by atoms with Crippen LogP contribution < -0.4 is 5.32 Å². The van der Waals surface area contributed by atoms with Crippen LogP contribution in [0.25, 0.3) is 0 Å². The van der Waals surface area contributed by atoms with Crippen LogP contribution >= 0.6 is 0 Å². The van der Waals surface area contributed by atoms with Crippen LogP contribution in [-0.2, 0) is 11.2 Å². The van der Waals surface area contributed by atoms with E-state index in [-0.39, 0.29) is 24.5 Å². The van der Waals surface area contributed by atoms with Gasteiger partial charge in [0.25, 0.3) is 0 Å². The van der Waals surface area contributed by atoms with E-state index in [0.29, 0.717) is 13.1 Å². The van der Waals surface area contributed by atoms with Crippen molar-refractivity contribution in [3.8, 4) is 0 Å². The van der Waals surface area contributed by atoms with Crippen LogP contribution in [0.4, 0.5) is 4.79 Å². The molecule has 0 bridgehead atoms. The standard InChI is InChI=1S/C16H23N3O2/c1-3-14(11-13-7-5-4-6-8-13)17-16(21)19-10-9-18(2)15(20)12-19/h4-8,14H,3,9-12H2,1-2H3,(H,17,21)/t14-/m0/s1. The zero-order chi connectivity index (χ0) is 15.2. The second kappa shape index (κ2) is 7.11. The molecule has 1 aliphatic rings. The highest BCUT2D eigenvalue weighted by atomic mass is 16.2. The van der Waals surface area contributed by atoms with Gasteiger partial charge in [0.2, 0.25) is 5.91 Å². The van der Waals surface area contributed by atoms with E-state index in [9.17, 15) is 9.59 Å². The van der Waals surface area contributed by atoms with E-state index in [1.807, 2.05) is 18.2 Å². The first-order valence-electron chi connectivity index (χ1n) is 7.43. The summed E-state index contributed by atoms with van der Waals surface area (Å²) in [5.74, 6) is -0.00694. The van der Waals surface area contributed by atoms with Crippen LogP contribution in [0.1, 0.15) is 18.9 Å². The molecule has 0 saturated carbocycles. The van der Waals surface area contributed by atoms with Gasteiger partial charge >= 0.3 is 6.03 Å². The topological polar surface area (TPSA) is 52.7 Å². The number of nitrogens with zero attached hydrogens (tertiary/aromatic N) is 2. The van der Waals surface area contributed by atoms with Crippen molar-refractivity contribution < 1.29 is 9.59 Å². The van der Waals surface area contributed by atoms with Gasteiger partial charge in [0.15, 0.2) is 0 Å². The molecule has 5 nitrogen and oxygen atoms in total. The average Bonchev–Trinajstić information content (AvgIpc) is 2.50. The highest BCUT2D eigenvalue weighted by Gasteiger charge is 2.25. The largest absolute Gasteiger partial charge is 0.342 e. The summed E-state index contributed by atoms with van der Waals surface area (Å²) in [4.78, 5) is 27.2. The monoisotopic (exact) mass is 289 g/mol. The minimum absolute atomic E-state index is 0.00694. The number of urea groups is 1. The Kier molecular flexibility index (Phi) is 5.20. The lowest BCUT2D eigenvalue weighted by Gasteiger charge is -2.33. The van der Waals surface area contributed by atoms with E-state index in [2.05, 4.69) is 24.4 Å². The normalized spacial score (nSPS) is 16.8. The van der Waals surface area contributed by atoms with Gasteiger partial charge in [-0.15, -0.1) is 0 Å². The Balaban J connectivity index is 1.89. The maximum Gasteiger partial charge on any atom is 0.318 e. The van der Waals surface area contributed by atoms with E-state index in [0.717, 1.165) is 12.8 Å². The number of hydrogen-bond acceptors (Lipinski definition) is 2. The number of piperazine rings is 1. The third-order valence-corrected chi connectivity index (χ3v) is 3.89. The molecule has 1 aromatic carbocycles. The average molecular weight is 289 g/mol. The molecule has 0 spiro atoms. The zero-order valence-corrected chi connectivity index (χ0v) is 12.7. The highest BCUT2D eigenvalue weighted by Crippen LogP contribution is 2.07. The fourth-order valence-corrected chi connectivity index (χ4v) is 2.39. The van der Waals surface area contributed by atoms with Crippen LogP contribution in [-0.4, -0.2) is 54.5 Å². The van der Waals surface area contributed by atoms with Gasteiger partial charge in [-0.05, 0) is 18.4 Å². The molecule has 2 rings (SSSR count). The van der Waals surface area contributed by atoms with Gasteiger partial charge < -0.3 is 15.1 Å². The van der Waals surface area contributed by atoms with E-state index < -0.39 is 0 Å². The Morgan fingerprint density at radius 1 is 1.29 bits per heavy atom. The van der Waals surface area contributed by atoms with Crippen LogP contribution in [0.3, 0.4) is 0 Å². The molecule has 1 fully saturated rings. The fraction of sp³-hybridized carbons (Fsp3) is 0.500. The zero-order valence-electron chi connectivity index (χ0n) is 12.7. The summed E-state index contributed by atoms with van der Waals surface area (Å²) >= 11 is 0. The van der Waals surface area contributed by atoms with Crippen molar-refractivity contribution in [3.05, 3.63) is 35.9 Å². The summed E-state index contributed by atoms with van der Waals surface area (Å²) in [6.45, 7) is 3.42. The molecule has 1 saturated heterocycles. The summed E-state index contributed by atoms with van der Waals surface area (Å²) in [6, 6.07) is 10.1. The van der Waals surface area contributed by atoms with Gasteiger partial charge in [-0.3, -0.25) is 4.79 Å². The van der Waals surface area contributed by atoms with Gasteiger partial charge in [-0.2, -0.15) is 0 Å². The molecule has 114 valence electrons. The number of carbonyl (C=O) groups is 2. The number of nitrogens with one attached hydrogen (secondary N) is 1. The number of likely N-dealkylation sites (N-methyl/N-ethyl adjacent to an activating group) is 1. The van der Waals surface area contributed by atoms with Gasteiger partial charge in [0.05, 0.1) is 0 Å². The van der Waals surface area contributed by atoms with Crippen LogP contribution in [0.5, 0.6) is 0 Å². The number of benzene rings is 1. The molecule has 5 heteroatoms. The predicted molar refractivity (Wildman–Crippen MR) is 82.0 cm³/mol. The van der Waals surface area contributed by atoms with Crippen molar-refractivity contribution in [3.63, 3.8) is 0 Å². The molecule has 1 aliphatic heterocycles. The Bertz CT molecular complexity index is 490. The van der Waals surface area contributed by atoms with Crippen molar-refractivity contribution in [2.75, 3.05) is 26.7 Å². The first kappa shape index (κ1) is 15.4. The van der Waals surface area contributed by atoms with Gasteiger partial charge in [-0.25, -0.2) is 4.79 Å². The molecule has 0 radical (unpaired) electrons. The second-order valence-corrected chi connectivity index (χ2v) is 5.48. The summed E-state index contributed by atoms with van der Waals surface area (Å²) in [5, 5.41) is 3.04. The molecule has 0 unspecified atom stereocenters. The molecule has 1 aromatic rings. The Labute approximate surface area is 125 Å². The number of carbonyl (C=O) groups excluding carboxylic acids is 2. The maximum atomic E-state index is 12.3. The highest BCUT2D eigenvalue weighted by molar-refractivity contribution is 5.85. The van der Waals surface area contributed by atoms with Crippen molar-refractivity contribution in [1.29, 1.82) is 0 Å². The maximum absolute atomic E-state index is 12.3. The first-order valence-corrected chi connectivity index (χ1v) is 7.43. The SMILES string of the molecule is CC[C@@H](Cc1ccccc1)NC(=O)N1CCN(C)C(=O)C1. The third kappa shape index (κ3) is 4.21. The summed E-state index contributed by atoms with van der Waals surface area (Å²) in [7, 11) is 1.77. The number of amides is 3. The quantitative estimate of drug-likeness (QED) is 0.913. The van der Waals surface area contributed by atoms with Crippen LogP contribution in [0, 0.1) is 0 Å². The van der Waals surface area contributed by atoms with E-state index in [1.165, 1.54) is 5.56 Å². The second-order valence-electron chi connectivity index (χ2n) is 5.48. The molecule has 1 atom stereocenters.